The molecule has 0 aliphatic carbocycles. The largest absolute Gasteiger partial charge is 0.348 e. The van der Waals surface area contributed by atoms with E-state index in [-0.39, 0.29) is 17.2 Å². The van der Waals surface area contributed by atoms with E-state index in [1.165, 1.54) is 21.2 Å². The molecule has 0 radical (unpaired) electrons. The molecule has 7 heteroatoms. The van der Waals surface area contributed by atoms with Gasteiger partial charge in [0.25, 0.3) is 5.56 Å². The van der Waals surface area contributed by atoms with Crippen molar-refractivity contribution in [1.29, 1.82) is 0 Å². The lowest BCUT2D eigenvalue weighted by atomic mass is 10.2. The molecule has 2 aromatic heterocycles. The smallest absolute Gasteiger partial charge is 0.267 e. The van der Waals surface area contributed by atoms with E-state index in [1.54, 1.807) is 32.4 Å². The number of fused-ring (bicyclic) bond motifs is 1. The first-order valence-corrected chi connectivity index (χ1v) is 8.74. The number of amides is 1. The predicted molar refractivity (Wildman–Crippen MR) is 99.3 cm³/mol. The highest BCUT2D eigenvalue weighted by molar-refractivity contribution is 7.99. The fraction of sp³-hybridized carbons (Fsp3) is 0.222. The van der Waals surface area contributed by atoms with E-state index in [1.807, 2.05) is 31.2 Å². The van der Waals surface area contributed by atoms with Gasteiger partial charge in [-0.3, -0.25) is 9.59 Å². The number of aromatic nitrogens is 3. The zero-order valence-corrected chi connectivity index (χ0v) is 15.1. The van der Waals surface area contributed by atoms with Crippen LogP contribution in [0.15, 0.2) is 52.5 Å². The van der Waals surface area contributed by atoms with Crippen LogP contribution in [0.25, 0.3) is 16.7 Å². The minimum absolute atomic E-state index is 0.0447. The summed E-state index contributed by atoms with van der Waals surface area (Å²) < 4.78 is 1.49. The quantitative estimate of drug-likeness (QED) is 0.531. The third kappa shape index (κ3) is 3.41. The molecule has 0 saturated carbocycles. The Morgan fingerprint density at radius 3 is 2.68 bits per heavy atom. The summed E-state index contributed by atoms with van der Waals surface area (Å²) in [6.45, 7) is 1.89. The van der Waals surface area contributed by atoms with Crippen molar-refractivity contribution in [2.24, 2.45) is 0 Å². The summed E-state index contributed by atoms with van der Waals surface area (Å²) in [7, 11) is 3.40. The SMILES string of the molecule is Cc1cccnc1-n1c(SCC(=O)N(C)C)nc2ccccc2c1=O. The highest BCUT2D eigenvalue weighted by Crippen LogP contribution is 2.22. The number of para-hydroxylation sites is 1. The molecule has 0 fully saturated rings. The van der Waals surface area contributed by atoms with Crippen LogP contribution in [0.4, 0.5) is 0 Å². The Labute approximate surface area is 149 Å². The zero-order chi connectivity index (χ0) is 18.0. The normalized spacial score (nSPS) is 10.8. The van der Waals surface area contributed by atoms with E-state index in [0.29, 0.717) is 21.9 Å². The number of thioether (sulfide) groups is 1. The summed E-state index contributed by atoms with van der Waals surface area (Å²) >= 11 is 1.24. The Balaban J connectivity index is 2.20. The predicted octanol–water partition coefficient (Wildman–Crippen LogP) is 2.27. The zero-order valence-electron chi connectivity index (χ0n) is 14.3. The maximum absolute atomic E-state index is 13.1. The number of aryl methyl sites for hydroxylation is 1. The fourth-order valence-corrected chi connectivity index (χ4v) is 3.33. The van der Waals surface area contributed by atoms with Crippen LogP contribution in [0.2, 0.25) is 0 Å². The Kier molecular flexibility index (Phi) is 4.85. The lowest BCUT2D eigenvalue weighted by Crippen LogP contribution is -2.26. The van der Waals surface area contributed by atoms with E-state index in [9.17, 15) is 9.59 Å². The fourth-order valence-electron chi connectivity index (χ4n) is 2.36. The molecule has 0 bridgehead atoms. The van der Waals surface area contributed by atoms with Crippen LogP contribution >= 0.6 is 11.8 Å². The van der Waals surface area contributed by atoms with Crippen molar-refractivity contribution in [3.05, 3.63) is 58.5 Å². The van der Waals surface area contributed by atoms with Gasteiger partial charge in [0.15, 0.2) is 5.16 Å². The molecule has 0 aliphatic rings. The van der Waals surface area contributed by atoms with Crippen LogP contribution in [0, 0.1) is 6.92 Å². The molecule has 0 spiro atoms. The third-order valence-electron chi connectivity index (χ3n) is 3.76. The molecule has 0 unspecified atom stereocenters. The highest BCUT2D eigenvalue weighted by Gasteiger charge is 2.17. The number of hydrogen-bond acceptors (Lipinski definition) is 5. The molecule has 0 atom stereocenters. The van der Waals surface area contributed by atoms with Crippen molar-refractivity contribution in [1.82, 2.24) is 19.4 Å². The van der Waals surface area contributed by atoms with Crippen molar-refractivity contribution in [2.75, 3.05) is 19.8 Å². The first-order valence-electron chi connectivity index (χ1n) is 7.76. The Hall–Kier alpha value is -2.67. The monoisotopic (exact) mass is 354 g/mol. The van der Waals surface area contributed by atoms with Crippen LogP contribution in [0.3, 0.4) is 0 Å². The van der Waals surface area contributed by atoms with Crippen molar-refractivity contribution >= 4 is 28.6 Å². The maximum Gasteiger partial charge on any atom is 0.267 e. The highest BCUT2D eigenvalue weighted by atomic mass is 32.2. The van der Waals surface area contributed by atoms with Gasteiger partial charge in [-0.1, -0.05) is 30.0 Å². The molecular formula is C18H18N4O2S. The minimum atomic E-state index is -0.188. The molecule has 1 aromatic carbocycles. The van der Waals surface area contributed by atoms with Crippen LogP contribution in [0.1, 0.15) is 5.56 Å². The average Bonchev–Trinajstić information content (AvgIpc) is 2.60. The Bertz CT molecular complexity index is 998. The summed E-state index contributed by atoms with van der Waals surface area (Å²) in [4.78, 5) is 35.5. The van der Waals surface area contributed by atoms with Gasteiger partial charge in [-0.05, 0) is 30.7 Å². The van der Waals surface area contributed by atoms with Gasteiger partial charge >= 0.3 is 0 Å². The van der Waals surface area contributed by atoms with Gasteiger partial charge in [-0.25, -0.2) is 14.5 Å². The second kappa shape index (κ2) is 7.06. The molecule has 25 heavy (non-hydrogen) atoms. The number of hydrogen-bond donors (Lipinski definition) is 0. The van der Waals surface area contributed by atoms with Crippen molar-refractivity contribution < 1.29 is 4.79 Å². The van der Waals surface area contributed by atoms with Gasteiger partial charge in [0.2, 0.25) is 5.91 Å². The first-order chi connectivity index (χ1) is 12.0. The molecule has 3 rings (SSSR count). The maximum atomic E-state index is 13.1. The molecule has 0 N–H and O–H groups in total. The third-order valence-corrected chi connectivity index (χ3v) is 4.69. The van der Waals surface area contributed by atoms with Crippen LogP contribution in [0.5, 0.6) is 0 Å². The van der Waals surface area contributed by atoms with E-state index in [4.69, 9.17) is 0 Å². The van der Waals surface area contributed by atoms with Crippen molar-refractivity contribution in [3.8, 4) is 5.82 Å². The van der Waals surface area contributed by atoms with Crippen molar-refractivity contribution in [2.45, 2.75) is 12.1 Å². The lowest BCUT2D eigenvalue weighted by molar-refractivity contribution is -0.125. The van der Waals surface area contributed by atoms with Gasteiger partial charge in [0.1, 0.15) is 5.82 Å². The van der Waals surface area contributed by atoms with Gasteiger partial charge in [-0.15, -0.1) is 0 Å². The number of pyridine rings is 1. The molecule has 0 aliphatic heterocycles. The topological polar surface area (TPSA) is 68.1 Å². The second-order valence-corrected chi connectivity index (χ2v) is 6.72. The van der Waals surface area contributed by atoms with Gasteiger partial charge in [-0.2, -0.15) is 0 Å². The Morgan fingerprint density at radius 2 is 1.96 bits per heavy atom. The van der Waals surface area contributed by atoms with E-state index in [2.05, 4.69) is 9.97 Å². The molecular weight excluding hydrogens is 336 g/mol. The Morgan fingerprint density at radius 1 is 1.20 bits per heavy atom. The number of benzene rings is 1. The first kappa shape index (κ1) is 17.2. The molecule has 3 aromatic rings. The molecule has 6 nitrogen and oxygen atoms in total. The molecule has 1 amide bonds. The van der Waals surface area contributed by atoms with E-state index < -0.39 is 0 Å². The van der Waals surface area contributed by atoms with Crippen LogP contribution in [-0.2, 0) is 4.79 Å². The standard InChI is InChI=1S/C18H18N4O2S/c1-12-7-6-10-19-16(12)22-17(24)13-8-4-5-9-14(13)20-18(22)25-11-15(23)21(2)3/h4-10H,11H2,1-3H3. The molecule has 128 valence electrons. The number of nitrogens with zero attached hydrogens (tertiary/aromatic N) is 4. The number of carbonyl (C=O) groups excluding carboxylic acids is 1. The summed E-state index contributed by atoms with van der Waals surface area (Å²) in [5, 5.41) is 0.983. The summed E-state index contributed by atoms with van der Waals surface area (Å²) in [6.07, 6.45) is 1.64. The summed E-state index contributed by atoms with van der Waals surface area (Å²) in [5.41, 5.74) is 1.28. The second-order valence-electron chi connectivity index (χ2n) is 5.77. The average molecular weight is 354 g/mol. The van der Waals surface area contributed by atoms with E-state index >= 15 is 0 Å². The van der Waals surface area contributed by atoms with E-state index in [0.717, 1.165) is 5.56 Å². The van der Waals surface area contributed by atoms with Gasteiger partial charge in [0, 0.05) is 20.3 Å². The van der Waals surface area contributed by atoms with Crippen LogP contribution in [-0.4, -0.2) is 45.2 Å². The van der Waals surface area contributed by atoms with Gasteiger partial charge < -0.3 is 4.90 Å². The molecule has 0 saturated heterocycles. The summed E-state index contributed by atoms with van der Waals surface area (Å²) in [5.74, 6) is 0.686. The van der Waals surface area contributed by atoms with Crippen LogP contribution < -0.4 is 5.56 Å². The number of rotatable bonds is 4. The van der Waals surface area contributed by atoms with Crippen molar-refractivity contribution in [3.63, 3.8) is 0 Å². The minimum Gasteiger partial charge on any atom is -0.348 e. The summed E-state index contributed by atoms with van der Waals surface area (Å²) in [6, 6.07) is 10.9. The van der Waals surface area contributed by atoms with Gasteiger partial charge in [0.05, 0.1) is 16.7 Å². The number of carbonyl (C=O) groups is 1. The molecule has 2 heterocycles. The lowest BCUT2D eigenvalue weighted by Gasteiger charge is -2.15.